The van der Waals surface area contributed by atoms with Crippen molar-refractivity contribution in [2.75, 3.05) is 31.1 Å². The molecule has 9 heteroatoms. The first kappa shape index (κ1) is 23.0. The SMILES string of the molecule is CC(C)Cn1c(=O)c2ccccc2n2c(CCC(=O)N3CCN(c4ccc(F)cc4)CC3)nnc12. The molecule has 0 unspecified atom stereocenters. The van der Waals surface area contributed by atoms with Crippen LogP contribution in [0.2, 0.25) is 0 Å². The predicted octanol–water partition coefficient (Wildman–Crippen LogP) is 3.12. The molecule has 35 heavy (non-hydrogen) atoms. The van der Waals surface area contributed by atoms with E-state index in [1.165, 1.54) is 12.1 Å². The lowest BCUT2D eigenvalue weighted by atomic mass is 10.2. The fraction of sp³-hybridized carbons (Fsp3) is 0.385. The van der Waals surface area contributed by atoms with Gasteiger partial charge in [-0.2, -0.15) is 0 Å². The van der Waals surface area contributed by atoms with Crippen LogP contribution >= 0.6 is 0 Å². The molecule has 8 nitrogen and oxygen atoms in total. The second-order valence-corrected chi connectivity index (χ2v) is 9.42. The van der Waals surface area contributed by atoms with Gasteiger partial charge in [-0.25, -0.2) is 4.39 Å². The van der Waals surface area contributed by atoms with Crippen molar-refractivity contribution in [1.82, 2.24) is 24.1 Å². The maximum Gasteiger partial charge on any atom is 0.262 e. The van der Waals surface area contributed by atoms with E-state index in [9.17, 15) is 14.0 Å². The van der Waals surface area contributed by atoms with Gasteiger partial charge in [-0.1, -0.05) is 26.0 Å². The number of aromatic nitrogens is 4. The second kappa shape index (κ2) is 9.48. The van der Waals surface area contributed by atoms with Gasteiger partial charge in [0.15, 0.2) is 0 Å². The molecule has 1 fully saturated rings. The van der Waals surface area contributed by atoms with Crippen molar-refractivity contribution >= 4 is 28.3 Å². The number of hydrogen-bond acceptors (Lipinski definition) is 5. The van der Waals surface area contributed by atoms with Gasteiger partial charge in [0.2, 0.25) is 11.7 Å². The molecule has 182 valence electrons. The number of para-hydroxylation sites is 1. The molecule has 1 aliphatic rings. The lowest BCUT2D eigenvalue weighted by Gasteiger charge is -2.36. The summed E-state index contributed by atoms with van der Waals surface area (Å²) in [6.45, 7) is 7.31. The molecular formula is C26H29FN6O2. The van der Waals surface area contributed by atoms with Gasteiger partial charge in [0.1, 0.15) is 11.6 Å². The summed E-state index contributed by atoms with van der Waals surface area (Å²) in [5.41, 5.74) is 1.65. The zero-order valence-corrected chi connectivity index (χ0v) is 20.0. The van der Waals surface area contributed by atoms with Crippen LogP contribution in [-0.4, -0.2) is 56.2 Å². The number of fused-ring (bicyclic) bond motifs is 3. The van der Waals surface area contributed by atoms with Crippen molar-refractivity contribution in [2.24, 2.45) is 5.92 Å². The Morgan fingerprint density at radius 3 is 2.43 bits per heavy atom. The first-order valence-electron chi connectivity index (χ1n) is 12.1. The van der Waals surface area contributed by atoms with Crippen molar-refractivity contribution in [2.45, 2.75) is 33.2 Å². The molecule has 5 rings (SSSR count). The highest BCUT2D eigenvalue weighted by molar-refractivity contribution is 5.80. The van der Waals surface area contributed by atoms with Crippen molar-refractivity contribution in [3.63, 3.8) is 0 Å². The zero-order chi connectivity index (χ0) is 24.5. The van der Waals surface area contributed by atoms with E-state index in [-0.39, 0.29) is 23.2 Å². The average Bonchev–Trinajstić information content (AvgIpc) is 3.29. The number of rotatable bonds is 6. The second-order valence-electron chi connectivity index (χ2n) is 9.42. The van der Waals surface area contributed by atoms with Gasteiger partial charge in [-0.05, 0) is 42.3 Å². The molecule has 0 spiro atoms. The maximum atomic E-state index is 13.2. The monoisotopic (exact) mass is 476 g/mol. The Hall–Kier alpha value is -3.75. The summed E-state index contributed by atoms with van der Waals surface area (Å²) < 4.78 is 16.8. The Balaban J connectivity index is 1.32. The molecule has 4 aromatic rings. The highest BCUT2D eigenvalue weighted by Crippen LogP contribution is 2.19. The number of halogens is 1. The van der Waals surface area contributed by atoms with Crippen LogP contribution in [0.15, 0.2) is 53.3 Å². The summed E-state index contributed by atoms with van der Waals surface area (Å²) >= 11 is 0. The van der Waals surface area contributed by atoms with Crippen LogP contribution in [-0.2, 0) is 17.8 Å². The van der Waals surface area contributed by atoms with E-state index in [1.54, 1.807) is 16.7 Å². The number of nitrogens with zero attached hydrogens (tertiary/aromatic N) is 6. The van der Waals surface area contributed by atoms with E-state index in [4.69, 9.17) is 0 Å². The number of anilines is 1. The molecule has 0 N–H and O–H groups in total. The van der Waals surface area contributed by atoms with Gasteiger partial charge in [0.05, 0.1) is 10.9 Å². The van der Waals surface area contributed by atoms with Gasteiger partial charge in [0, 0.05) is 51.3 Å². The summed E-state index contributed by atoms with van der Waals surface area (Å²) in [5, 5.41) is 9.33. The molecule has 2 aromatic heterocycles. The molecule has 1 amide bonds. The summed E-state index contributed by atoms with van der Waals surface area (Å²) in [7, 11) is 0. The highest BCUT2D eigenvalue weighted by atomic mass is 19.1. The Bertz CT molecular complexity index is 1420. The van der Waals surface area contributed by atoms with Crippen LogP contribution < -0.4 is 10.5 Å². The quantitative estimate of drug-likeness (QED) is 0.428. The summed E-state index contributed by atoms with van der Waals surface area (Å²) in [5.74, 6) is 1.27. The van der Waals surface area contributed by atoms with E-state index in [1.807, 2.05) is 33.6 Å². The molecule has 0 aliphatic carbocycles. The minimum Gasteiger partial charge on any atom is -0.368 e. The third-order valence-corrected chi connectivity index (χ3v) is 6.51. The van der Waals surface area contributed by atoms with Crippen LogP contribution in [0.4, 0.5) is 10.1 Å². The standard InChI is InChI=1S/C26H29FN6O2/c1-18(2)17-32-25(35)21-5-3-4-6-22(21)33-23(28-29-26(32)33)11-12-24(34)31-15-13-30(14-16-31)20-9-7-19(27)8-10-20/h3-10,18H,11-17H2,1-2H3. The first-order valence-corrected chi connectivity index (χ1v) is 12.1. The minimum absolute atomic E-state index is 0.0697. The first-order chi connectivity index (χ1) is 16.9. The van der Waals surface area contributed by atoms with Crippen LogP contribution in [0.25, 0.3) is 16.7 Å². The van der Waals surface area contributed by atoms with Crippen molar-refractivity contribution in [3.05, 3.63) is 70.5 Å². The van der Waals surface area contributed by atoms with Gasteiger partial charge < -0.3 is 9.80 Å². The van der Waals surface area contributed by atoms with Gasteiger partial charge in [0.25, 0.3) is 5.56 Å². The minimum atomic E-state index is -0.252. The van der Waals surface area contributed by atoms with Crippen LogP contribution in [0.3, 0.4) is 0 Å². The molecule has 0 saturated carbocycles. The number of benzene rings is 2. The lowest BCUT2D eigenvalue weighted by molar-refractivity contribution is -0.131. The van der Waals surface area contributed by atoms with E-state index < -0.39 is 0 Å². The lowest BCUT2D eigenvalue weighted by Crippen LogP contribution is -2.48. The predicted molar refractivity (Wildman–Crippen MR) is 133 cm³/mol. The van der Waals surface area contributed by atoms with E-state index in [0.717, 1.165) is 11.2 Å². The maximum absolute atomic E-state index is 13.2. The number of aryl methyl sites for hydroxylation is 1. The van der Waals surface area contributed by atoms with E-state index in [0.29, 0.717) is 62.6 Å². The van der Waals surface area contributed by atoms with E-state index in [2.05, 4.69) is 28.9 Å². The number of carbonyl (C=O) groups is 1. The third kappa shape index (κ3) is 4.50. The molecule has 2 aromatic carbocycles. The van der Waals surface area contributed by atoms with Crippen molar-refractivity contribution in [1.29, 1.82) is 0 Å². The fourth-order valence-corrected chi connectivity index (χ4v) is 4.75. The molecule has 0 atom stereocenters. The number of hydrogen-bond donors (Lipinski definition) is 0. The Labute approximate surface area is 202 Å². The van der Waals surface area contributed by atoms with E-state index >= 15 is 0 Å². The molecule has 1 saturated heterocycles. The summed E-state index contributed by atoms with van der Waals surface area (Å²) in [6.07, 6.45) is 0.747. The molecular weight excluding hydrogens is 447 g/mol. The van der Waals surface area contributed by atoms with Crippen LogP contribution in [0.5, 0.6) is 0 Å². The van der Waals surface area contributed by atoms with Crippen molar-refractivity contribution < 1.29 is 9.18 Å². The van der Waals surface area contributed by atoms with Crippen LogP contribution in [0, 0.1) is 11.7 Å². The van der Waals surface area contributed by atoms with Gasteiger partial charge in [-0.15, -0.1) is 10.2 Å². The van der Waals surface area contributed by atoms with Crippen molar-refractivity contribution in [3.8, 4) is 0 Å². The molecule has 1 aliphatic heterocycles. The number of carbonyl (C=O) groups excluding carboxylic acids is 1. The normalized spacial score (nSPS) is 14.4. The molecule has 0 radical (unpaired) electrons. The third-order valence-electron chi connectivity index (χ3n) is 6.51. The fourth-order valence-electron chi connectivity index (χ4n) is 4.75. The molecule has 3 heterocycles. The smallest absolute Gasteiger partial charge is 0.262 e. The van der Waals surface area contributed by atoms with Gasteiger partial charge in [-0.3, -0.25) is 18.6 Å². The summed E-state index contributed by atoms with van der Waals surface area (Å²) in [6, 6.07) is 13.9. The highest BCUT2D eigenvalue weighted by Gasteiger charge is 2.23. The number of amides is 1. The Morgan fingerprint density at radius 1 is 1.00 bits per heavy atom. The Kier molecular flexibility index (Phi) is 6.23. The summed E-state index contributed by atoms with van der Waals surface area (Å²) in [4.78, 5) is 30.1. The molecule has 0 bridgehead atoms. The topological polar surface area (TPSA) is 75.7 Å². The Morgan fingerprint density at radius 2 is 1.71 bits per heavy atom. The zero-order valence-electron chi connectivity index (χ0n) is 20.0. The average molecular weight is 477 g/mol. The number of piperazine rings is 1. The van der Waals surface area contributed by atoms with Gasteiger partial charge >= 0.3 is 0 Å². The van der Waals surface area contributed by atoms with Crippen LogP contribution in [0.1, 0.15) is 26.1 Å². The largest absolute Gasteiger partial charge is 0.368 e.